The molecule has 0 fully saturated rings. The van der Waals surface area contributed by atoms with Crippen LogP contribution in [0.2, 0.25) is 0 Å². The Hall–Kier alpha value is -1.35. The third-order valence-corrected chi connectivity index (χ3v) is 2.03. The van der Waals surface area contributed by atoms with E-state index in [0.29, 0.717) is 18.8 Å². The van der Waals surface area contributed by atoms with E-state index in [-0.39, 0.29) is 5.97 Å². The number of rotatable bonds is 5. The second-order valence-corrected chi connectivity index (χ2v) is 3.20. The van der Waals surface area contributed by atoms with Crippen molar-refractivity contribution >= 4 is 5.97 Å². The van der Waals surface area contributed by atoms with Crippen LogP contribution in [0, 0.1) is 0 Å². The maximum Gasteiger partial charge on any atom is 0.338 e. The van der Waals surface area contributed by atoms with E-state index in [1.54, 1.807) is 6.07 Å². The van der Waals surface area contributed by atoms with Crippen molar-refractivity contribution in [2.45, 2.75) is 20.0 Å². The van der Waals surface area contributed by atoms with Gasteiger partial charge >= 0.3 is 5.97 Å². The zero-order valence-electron chi connectivity index (χ0n) is 9.16. The molecule has 0 N–H and O–H groups in total. The first kappa shape index (κ1) is 11.7. The summed E-state index contributed by atoms with van der Waals surface area (Å²) in [5.74, 6) is -0.314. The lowest BCUT2D eigenvalue weighted by Crippen LogP contribution is -2.06. The van der Waals surface area contributed by atoms with Crippen LogP contribution in [0.5, 0.6) is 0 Å². The fourth-order valence-corrected chi connectivity index (χ4v) is 1.28. The zero-order chi connectivity index (χ0) is 11.1. The van der Waals surface area contributed by atoms with Gasteiger partial charge in [-0.2, -0.15) is 0 Å². The van der Waals surface area contributed by atoms with Gasteiger partial charge in [-0.1, -0.05) is 25.1 Å². The Morgan fingerprint density at radius 1 is 1.33 bits per heavy atom. The molecule has 0 aliphatic carbocycles. The van der Waals surface area contributed by atoms with Gasteiger partial charge in [0.15, 0.2) is 0 Å². The fourth-order valence-electron chi connectivity index (χ4n) is 1.28. The number of hydrogen-bond donors (Lipinski definition) is 0. The first-order chi connectivity index (χ1) is 7.29. The number of ether oxygens (including phenoxy) is 2. The van der Waals surface area contributed by atoms with E-state index >= 15 is 0 Å². The van der Waals surface area contributed by atoms with Crippen LogP contribution in [0.25, 0.3) is 0 Å². The number of benzene rings is 1. The molecular weight excluding hydrogens is 192 g/mol. The molecule has 0 aliphatic rings. The van der Waals surface area contributed by atoms with Crippen molar-refractivity contribution in [2.24, 2.45) is 0 Å². The van der Waals surface area contributed by atoms with Gasteiger partial charge in [0.1, 0.15) is 0 Å². The summed E-state index contributed by atoms with van der Waals surface area (Å²) in [4.78, 5) is 11.4. The van der Waals surface area contributed by atoms with Crippen LogP contribution in [0.15, 0.2) is 24.3 Å². The van der Waals surface area contributed by atoms with Gasteiger partial charge in [-0.25, -0.2) is 4.79 Å². The minimum Gasteiger partial charge on any atom is -0.465 e. The molecule has 0 bridgehead atoms. The van der Waals surface area contributed by atoms with Gasteiger partial charge < -0.3 is 9.47 Å². The van der Waals surface area contributed by atoms with Gasteiger partial charge in [-0.3, -0.25) is 0 Å². The quantitative estimate of drug-likeness (QED) is 0.550. The molecule has 1 rings (SSSR count). The highest BCUT2D eigenvalue weighted by Crippen LogP contribution is 2.11. The van der Waals surface area contributed by atoms with E-state index in [1.165, 1.54) is 7.11 Å². The number of carbonyl (C=O) groups excluding carboxylic acids is 1. The lowest BCUT2D eigenvalue weighted by molar-refractivity contribution is 0.0592. The molecular formula is C12H16O3. The van der Waals surface area contributed by atoms with Crippen molar-refractivity contribution in [3.63, 3.8) is 0 Å². The third kappa shape index (κ3) is 3.36. The molecule has 0 aromatic heterocycles. The molecule has 0 aliphatic heterocycles. The lowest BCUT2D eigenvalue weighted by atomic mass is 10.1. The van der Waals surface area contributed by atoms with Crippen molar-refractivity contribution in [1.29, 1.82) is 0 Å². The Labute approximate surface area is 90.0 Å². The van der Waals surface area contributed by atoms with Gasteiger partial charge in [0.2, 0.25) is 0 Å². The summed E-state index contributed by atoms with van der Waals surface area (Å²) in [5, 5.41) is 0. The van der Waals surface area contributed by atoms with Crippen molar-refractivity contribution in [1.82, 2.24) is 0 Å². The van der Waals surface area contributed by atoms with Crippen LogP contribution < -0.4 is 0 Å². The molecule has 0 radical (unpaired) electrons. The van der Waals surface area contributed by atoms with Crippen LogP contribution in [-0.4, -0.2) is 19.7 Å². The molecule has 3 heteroatoms. The molecule has 3 nitrogen and oxygen atoms in total. The number of esters is 1. The largest absolute Gasteiger partial charge is 0.465 e. The van der Waals surface area contributed by atoms with E-state index in [0.717, 1.165) is 12.0 Å². The average Bonchev–Trinajstić information content (AvgIpc) is 2.29. The molecule has 82 valence electrons. The summed E-state index contributed by atoms with van der Waals surface area (Å²) in [6, 6.07) is 7.32. The molecule has 0 heterocycles. The Kier molecular flexibility index (Phi) is 4.84. The van der Waals surface area contributed by atoms with Crippen LogP contribution >= 0.6 is 0 Å². The Morgan fingerprint density at radius 3 is 2.73 bits per heavy atom. The molecule has 15 heavy (non-hydrogen) atoms. The normalized spacial score (nSPS) is 10.0. The van der Waals surface area contributed by atoms with Gasteiger partial charge in [0.05, 0.1) is 19.3 Å². The molecule has 0 unspecified atom stereocenters. The van der Waals surface area contributed by atoms with E-state index < -0.39 is 0 Å². The minimum atomic E-state index is -0.314. The van der Waals surface area contributed by atoms with Crippen molar-refractivity contribution in [2.75, 3.05) is 13.7 Å². The number of hydrogen-bond acceptors (Lipinski definition) is 3. The number of methoxy groups -OCH3 is 1. The summed E-state index contributed by atoms with van der Waals surface area (Å²) in [7, 11) is 1.38. The Bertz CT molecular complexity index is 320. The third-order valence-electron chi connectivity index (χ3n) is 2.03. The van der Waals surface area contributed by atoms with Crippen molar-refractivity contribution in [3.05, 3.63) is 35.4 Å². The Balaban J connectivity index is 2.73. The van der Waals surface area contributed by atoms with Crippen LogP contribution in [0.4, 0.5) is 0 Å². The first-order valence-corrected chi connectivity index (χ1v) is 5.03. The predicted octanol–water partition coefficient (Wildman–Crippen LogP) is 2.40. The van der Waals surface area contributed by atoms with E-state index in [2.05, 4.69) is 4.74 Å². The van der Waals surface area contributed by atoms with E-state index in [1.807, 2.05) is 25.1 Å². The lowest BCUT2D eigenvalue weighted by Gasteiger charge is -2.07. The Morgan fingerprint density at radius 2 is 2.07 bits per heavy atom. The molecule has 0 saturated carbocycles. The van der Waals surface area contributed by atoms with E-state index in [4.69, 9.17) is 4.74 Å². The molecule has 1 aromatic rings. The molecule has 0 amide bonds. The maximum atomic E-state index is 11.4. The molecule has 0 atom stereocenters. The summed E-state index contributed by atoms with van der Waals surface area (Å²) < 4.78 is 10.1. The van der Waals surface area contributed by atoms with Crippen LogP contribution in [0.1, 0.15) is 29.3 Å². The monoisotopic (exact) mass is 208 g/mol. The highest BCUT2D eigenvalue weighted by Gasteiger charge is 2.10. The second-order valence-electron chi connectivity index (χ2n) is 3.20. The highest BCUT2D eigenvalue weighted by molar-refractivity contribution is 5.90. The topological polar surface area (TPSA) is 35.5 Å². The minimum absolute atomic E-state index is 0.314. The average molecular weight is 208 g/mol. The summed E-state index contributed by atoms with van der Waals surface area (Å²) in [6.45, 7) is 3.21. The zero-order valence-corrected chi connectivity index (χ0v) is 9.16. The van der Waals surface area contributed by atoms with E-state index in [9.17, 15) is 4.79 Å². The van der Waals surface area contributed by atoms with Crippen molar-refractivity contribution < 1.29 is 14.3 Å². The smallest absolute Gasteiger partial charge is 0.338 e. The van der Waals surface area contributed by atoms with Crippen LogP contribution in [-0.2, 0) is 16.1 Å². The van der Waals surface area contributed by atoms with Gasteiger partial charge in [-0.05, 0) is 18.1 Å². The van der Waals surface area contributed by atoms with Crippen molar-refractivity contribution in [3.8, 4) is 0 Å². The molecule has 1 aromatic carbocycles. The summed E-state index contributed by atoms with van der Waals surface area (Å²) in [5.41, 5.74) is 1.45. The molecule has 0 saturated heterocycles. The van der Waals surface area contributed by atoms with Gasteiger partial charge in [-0.15, -0.1) is 0 Å². The highest BCUT2D eigenvalue weighted by atomic mass is 16.5. The maximum absolute atomic E-state index is 11.4. The summed E-state index contributed by atoms with van der Waals surface area (Å²) in [6.07, 6.45) is 0.973. The first-order valence-electron chi connectivity index (χ1n) is 5.03. The SMILES string of the molecule is CCCOCc1ccccc1C(=O)OC. The second kappa shape index (κ2) is 6.19. The number of carbonyl (C=O) groups is 1. The van der Waals surface area contributed by atoms with Gasteiger partial charge in [0.25, 0.3) is 0 Å². The summed E-state index contributed by atoms with van der Waals surface area (Å²) >= 11 is 0. The standard InChI is InChI=1S/C12H16O3/c1-3-8-15-9-10-6-4-5-7-11(10)12(13)14-2/h4-7H,3,8-9H2,1-2H3. The fraction of sp³-hybridized carbons (Fsp3) is 0.417. The van der Waals surface area contributed by atoms with Crippen LogP contribution in [0.3, 0.4) is 0 Å². The predicted molar refractivity (Wildman–Crippen MR) is 57.7 cm³/mol. The van der Waals surface area contributed by atoms with Gasteiger partial charge in [0, 0.05) is 6.61 Å². The molecule has 0 spiro atoms.